The molecule has 0 bridgehead atoms. The SMILES string of the molecule is CC[C@@H](NC1=C(Nc2cccc(C(=NC)N(C)C)c2O)C(=O)N(Cc2ccccc2)C1=O)c1ccc(C)o1. The third kappa shape index (κ3) is 5.27. The second-order valence-electron chi connectivity index (χ2n) is 9.25. The van der Waals surface area contributed by atoms with Crippen molar-refractivity contribution in [3.05, 3.63) is 94.7 Å². The van der Waals surface area contributed by atoms with E-state index in [-0.39, 0.29) is 35.4 Å². The van der Waals surface area contributed by atoms with Gasteiger partial charge in [-0.25, -0.2) is 0 Å². The van der Waals surface area contributed by atoms with Gasteiger partial charge >= 0.3 is 0 Å². The number of amides is 2. The number of nitrogens with one attached hydrogen (secondary N) is 2. The van der Waals surface area contributed by atoms with Gasteiger partial charge in [-0.2, -0.15) is 0 Å². The maximum Gasteiger partial charge on any atom is 0.279 e. The Hall–Kier alpha value is -4.53. The lowest BCUT2D eigenvalue weighted by atomic mass is 10.1. The zero-order valence-corrected chi connectivity index (χ0v) is 22.3. The highest BCUT2D eigenvalue weighted by Gasteiger charge is 2.40. The topological polar surface area (TPSA) is 110 Å². The number of amidine groups is 1. The Labute approximate surface area is 222 Å². The predicted molar refractivity (Wildman–Crippen MR) is 147 cm³/mol. The lowest BCUT2D eigenvalue weighted by Crippen LogP contribution is -2.34. The maximum atomic E-state index is 13.6. The molecule has 0 aliphatic carbocycles. The Morgan fingerprint density at radius 1 is 1.03 bits per heavy atom. The number of furan rings is 1. The van der Waals surface area contributed by atoms with Gasteiger partial charge in [-0.15, -0.1) is 0 Å². The molecule has 4 rings (SSSR count). The summed E-state index contributed by atoms with van der Waals surface area (Å²) in [6.45, 7) is 3.94. The minimum Gasteiger partial charge on any atom is -0.505 e. The van der Waals surface area contributed by atoms with E-state index < -0.39 is 11.8 Å². The van der Waals surface area contributed by atoms with Crippen LogP contribution in [-0.4, -0.2) is 53.7 Å². The van der Waals surface area contributed by atoms with Crippen LogP contribution in [0.5, 0.6) is 5.75 Å². The van der Waals surface area contributed by atoms with Crippen molar-refractivity contribution < 1.29 is 19.1 Å². The first-order valence-electron chi connectivity index (χ1n) is 12.5. The molecular weight excluding hydrogens is 482 g/mol. The molecule has 2 heterocycles. The summed E-state index contributed by atoms with van der Waals surface area (Å²) in [5.74, 6) is 0.958. The van der Waals surface area contributed by atoms with Gasteiger partial charge in [0.15, 0.2) is 0 Å². The molecule has 0 saturated heterocycles. The van der Waals surface area contributed by atoms with E-state index in [2.05, 4.69) is 15.6 Å². The van der Waals surface area contributed by atoms with Crippen LogP contribution in [0, 0.1) is 6.92 Å². The molecule has 9 heteroatoms. The molecule has 198 valence electrons. The van der Waals surface area contributed by atoms with Gasteiger partial charge in [0.2, 0.25) is 0 Å². The van der Waals surface area contributed by atoms with Gasteiger partial charge in [-0.3, -0.25) is 19.5 Å². The molecule has 38 heavy (non-hydrogen) atoms. The molecule has 1 aliphatic rings. The van der Waals surface area contributed by atoms with Crippen molar-refractivity contribution in [1.82, 2.24) is 15.1 Å². The largest absolute Gasteiger partial charge is 0.505 e. The van der Waals surface area contributed by atoms with Crippen molar-refractivity contribution in [1.29, 1.82) is 0 Å². The second kappa shape index (κ2) is 11.2. The van der Waals surface area contributed by atoms with E-state index in [1.807, 2.05) is 70.4 Å². The van der Waals surface area contributed by atoms with Crippen LogP contribution in [0.2, 0.25) is 0 Å². The van der Waals surface area contributed by atoms with Gasteiger partial charge in [-0.05, 0) is 43.2 Å². The fourth-order valence-electron chi connectivity index (χ4n) is 4.45. The fraction of sp³-hybridized carbons (Fsp3) is 0.276. The smallest absolute Gasteiger partial charge is 0.279 e. The number of anilines is 1. The van der Waals surface area contributed by atoms with E-state index in [0.29, 0.717) is 23.6 Å². The molecule has 2 aromatic carbocycles. The van der Waals surface area contributed by atoms with Gasteiger partial charge in [-0.1, -0.05) is 43.3 Å². The number of phenols is 1. The van der Waals surface area contributed by atoms with Crippen LogP contribution in [0.3, 0.4) is 0 Å². The Bertz CT molecular complexity index is 1390. The number of para-hydroxylation sites is 1. The fourth-order valence-corrected chi connectivity index (χ4v) is 4.45. The molecule has 2 amide bonds. The number of aryl methyl sites for hydroxylation is 1. The van der Waals surface area contributed by atoms with Gasteiger partial charge in [0.05, 0.1) is 23.8 Å². The molecule has 0 fully saturated rings. The molecular formula is C29H33N5O4. The molecule has 3 N–H and O–H groups in total. The van der Waals surface area contributed by atoms with Crippen LogP contribution in [0.1, 0.15) is 42.0 Å². The summed E-state index contributed by atoms with van der Waals surface area (Å²) in [4.78, 5) is 34.5. The molecule has 0 radical (unpaired) electrons. The molecule has 0 saturated carbocycles. The minimum absolute atomic E-state index is 0.0555. The standard InChI is InChI=1S/C29H33N5O4/c1-6-21(23-16-15-18(2)38-23)31-24-25(29(37)34(28(24)36)17-19-11-8-7-9-12-19)32-22-14-10-13-20(26(22)35)27(30-3)33(4)5/h7-16,21,31-32,35H,6,17H2,1-5H3/t21-/m1/s1. The number of carbonyl (C=O) groups excluding carboxylic acids is 2. The first-order chi connectivity index (χ1) is 18.2. The van der Waals surface area contributed by atoms with E-state index in [1.54, 1.807) is 30.1 Å². The third-order valence-electron chi connectivity index (χ3n) is 6.35. The van der Waals surface area contributed by atoms with E-state index in [1.165, 1.54) is 4.90 Å². The maximum absolute atomic E-state index is 13.6. The number of phenolic OH excluding ortho intramolecular Hbond substituents is 1. The summed E-state index contributed by atoms with van der Waals surface area (Å²) in [5, 5.41) is 17.4. The summed E-state index contributed by atoms with van der Waals surface area (Å²) >= 11 is 0. The predicted octanol–water partition coefficient (Wildman–Crippen LogP) is 4.17. The number of benzene rings is 2. The Morgan fingerprint density at radius 3 is 2.34 bits per heavy atom. The normalized spacial score (nSPS) is 14.8. The van der Waals surface area contributed by atoms with Crippen molar-refractivity contribution in [3.63, 3.8) is 0 Å². The highest BCUT2D eigenvalue weighted by molar-refractivity contribution is 6.20. The first kappa shape index (κ1) is 26.5. The van der Waals surface area contributed by atoms with E-state index in [9.17, 15) is 14.7 Å². The summed E-state index contributed by atoms with van der Waals surface area (Å²) in [6, 6.07) is 17.8. The number of aliphatic imine (C=N–C) groups is 1. The quantitative estimate of drug-likeness (QED) is 0.170. The van der Waals surface area contributed by atoms with Crippen molar-refractivity contribution in [2.24, 2.45) is 4.99 Å². The number of carbonyl (C=O) groups is 2. The Morgan fingerprint density at radius 2 is 1.74 bits per heavy atom. The van der Waals surface area contributed by atoms with Crippen LogP contribution in [0.4, 0.5) is 5.69 Å². The van der Waals surface area contributed by atoms with Crippen molar-refractivity contribution in [3.8, 4) is 5.75 Å². The van der Waals surface area contributed by atoms with Crippen molar-refractivity contribution in [2.45, 2.75) is 32.9 Å². The highest BCUT2D eigenvalue weighted by atomic mass is 16.3. The van der Waals surface area contributed by atoms with Crippen molar-refractivity contribution >= 4 is 23.3 Å². The first-order valence-corrected chi connectivity index (χ1v) is 12.5. The molecule has 1 aliphatic heterocycles. The van der Waals surface area contributed by atoms with Gasteiger partial charge < -0.3 is 25.1 Å². The van der Waals surface area contributed by atoms with Crippen molar-refractivity contribution in [2.75, 3.05) is 26.5 Å². The summed E-state index contributed by atoms with van der Waals surface area (Å²) in [7, 11) is 5.30. The monoisotopic (exact) mass is 515 g/mol. The lowest BCUT2D eigenvalue weighted by molar-refractivity contribution is -0.138. The average Bonchev–Trinajstić information content (AvgIpc) is 3.42. The number of hydrogen-bond acceptors (Lipinski definition) is 7. The summed E-state index contributed by atoms with van der Waals surface area (Å²) in [5.41, 5.74) is 1.77. The van der Waals surface area contributed by atoms with Gasteiger partial charge in [0.25, 0.3) is 11.8 Å². The second-order valence-corrected chi connectivity index (χ2v) is 9.25. The number of nitrogens with zero attached hydrogens (tertiary/aromatic N) is 3. The number of hydrogen-bond donors (Lipinski definition) is 3. The van der Waals surface area contributed by atoms with E-state index >= 15 is 0 Å². The molecule has 0 spiro atoms. The van der Waals surface area contributed by atoms with Crippen LogP contribution in [0.25, 0.3) is 0 Å². The van der Waals surface area contributed by atoms with Gasteiger partial charge in [0, 0.05) is 21.1 Å². The number of aromatic hydroxyl groups is 1. The summed E-state index contributed by atoms with van der Waals surface area (Å²) < 4.78 is 5.81. The van der Waals surface area contributed by atoms with Crippen LogP contribution in [0.15, 0.2) is 81.5 Å². The zero-order chi connectivity index (χ0) is 27.4. The lowest BCUT2D eigenvalue weighted by Gasteiger charge is -2.19. The molecule has 9 nitrogen and oxygen atoms in total. The molecule has 0 unspecified atom stereocenters. The third-order valence-corrected chi connectivity index (χ3v) is 6.35. The number of imide groups is 1. The van der Waals surface area contributed by atoms with Gasteiger partial charge in [0.1, 0.15) is 34.5 Å². The molecule has 1 atom stereocenters. The zero-order valence-electron chi connectivity index (χ0n) is 22.3. The molecule has 3 aromatic rings. The van der Waals surface area contributed by atoms with E-state index in [0.717, 1.165) is 11.3 Å². The summed E-state index contributed by atoms with van der Waals surface area (Å²) in [6.07, 6.45) is 0.615. The Balaban J connectivity index is 1.74. The Kier molecular flexibility index (Phi) is 7.85. The molecule has 1 aromatic heterocycles. The van der Waals surface area contributed by atoms with Crippen LogP contribution < -0.4 is 10.6 Å². The highest BCUT2D eigenvalue weighted by Crippen LogP contribution is 2.33. The van der Waals surface area contributed by atoms with Crippen LogP contribution >= 0.6 is 0 Å². The average molecular weight is 516 g/mol. The minimum atomic E-state index is -0.492. The van der Waals surface area contributed by atoms with E-state index in [4.69, 9.17) is 4.42 Å². The van der Waals surface area contributed by atoms with Crippen LogP contribution in [-0.2, 0) is 16.1 Å². The number of rotatable bonds is 9.